The molecule has 8 heteroatoms. The molecule has 0 bridgehead atoms. The summed E-state index contributed by atoms with van der Waals surface area (Å²) in [6.07, 6.45) is 1.63. The van der Waals surface area contributed by atoms with Gasteiger partial charge in [0.2, 0.25) is 0 Å². The molecule has 1 aliphatic heterocycles. The Hall–Kier alpha value is -3.42. The van der Waals surface area contributed by atoms with E-state index in [1.54, 1.807) is 18.2 Å². The van der Waals surface area contributed by atoms with Crippen molar-refractivity contribution >= 4 is 40.6 Å². The van der Waals surface area contributed by atoms with Gasteiger partial charge in [-0.25, -0.2) is 0 Å². The molecule has 0 saturated carbocycles. The fraction of sp³-hybridized carbons (Fsp3) is 0.214. The molecular formula is C28H26ClNO5S. The minimum atomic E-state index is -0.368. The quantitative estimate of drug-likeness (QED) is 0.292. The van der Waals surface area contributed by atoms with Crippen molar-refractivity contribution in [3.63, 3.8) is 0 Å². The van der Waals surface area contributed by atoms with Crippen molar-refractivity contribution in [3.8, 4) is 17.2 Å². The number of imide groups is 1. The number of benzene rings is 3. The maximum absolute atomic E-state index is 12.9. The lowest BCUT2D eigenvalue weighted by molar-refractivity contribution is -0.123. The van der Waals surface area contributed by atoms with Crippen molar-refractivity contribution in [1.29, 1.82) is 0 Å². The number of amides is 2. The topological polar surface area (TPSA) is 65.1 Å². The molecule has 0 aliphatic carbocycles. The lowest BCUT2D eigenvalue weighted by Crippen LogP contribution is -2.32. The highest BCUT2D eigenvalue weighted by molar-refractivity contribution is 8.18. The predicted molar refractivity (Wildman–Crippen MR) is 143 cm³/mol. The van der Waals surface area contributed by atoms with Gasteiger partial charge in [0.05, 0.1) is 23.6 Å². The third-order valence-corrected chi connectivity index (χ3v) is 6.82. The van der Waals surface area contributed by atoms with Gasteiger partial charge in [-0.1, -0.05) is 48.0 Å². The molecular weight excluding hydrogens is 498 g/mol. The highest BCUT2D eigenvalue weighted by atomic mass is 35.5. The Balaban J connectivity index is 1.44. The summed E-state index contributed by atoms with van der Waals surface area (Å²) in [6.45, 7) is 4.69. The fourth-order valence-electron chi connectivity index (χ4n) is 3.69. The number of carbonyl (C=O) groups excluding carboxylic acids is 2. The minimum Gasteiger partial charge on any atom is -0.493 e. The van der Waals surface area contributed by atoms with E-state index >= 15 is 0 Å². The van der Waals surface area contributed by atoms with Gasteiger partial charge in [-0.3, -0.25) is 14.5 Å². The Morgan fingerprint density at radius 3 is 2.56 bits per heavy atom. The smallest absolute Gasteiger partial charge is 0.293 e. The van der Waals surface area contributed by atoms with Gasteiger partial charge in [0.1, 0.15) is 19.0 Å². The van der Waals surface area contributed by atoms with Gasteiger partial charge in [-0.05, 0) is 78.2 Å². The van der Waals surface area contributed by atoms with Crippen LogP contribution in [0.4, 0.5) is 4.79 Å². The number of aryl methyl sites for hydroxylation is 2. The standard InChI is InChI=1S/C28H26ClNO5S/c1-18-7-6-10-22(13-18)34-12-11-30-27(31)25(36-28(30)32)16-20-14-23(29)26(24(15-20)33-3)35-17-21-9-5-4-8-19(21)2/h4-10,13-16H,11-12,17H2,1-3H3/b25-16-. The second-order valence-corrected chi connectivity index (χ2v) is 9.65. The maximum Gasteiger partial charge on any atom is 0.293 e. The van der Waals surface area contributed by atoms with Crippen LogP contribution < -0.4 is 14.2 Å². The molecule has 1 heterocycles. The van der Waals surface area contributed by atoms with Gasteiger partial charge >= 0.3 is 0 Å². The Labute approximate surface area is 219 Å². The zero-order chi connectivity index (χ0) is 25.7. The number of rotatable bonds is 9. The molecule has 0 radical (unpaired) electrons. The van der Waals surface area contributed by atoms with E-state index in [2.05, 4.69) is 0 Å². The van der Waals surface area contributed by atoms with Gasteiger partial charge < -0.3 is 14.2 Å². The summed E-state index contributed by atoms with van der Waals surface area (Å²) in [7, 11) is 1.53. The first-order valence-corrected chi connectivity index (χ1v) is 12.5. The van der Waals surface area contributed by atoms with Gasteiger partial charge in [-0.15, -0.1) is 0 Å². The fourth-order valence-corrected chi connectivity index (χ4v) is 4.83. The first kappa shape index (κ1) is 25.7. The van der Waals surface area contributed by atoms with E-state index in [1.165, 1.54) is 12.0 Å². The van der Waals surface area contributed by atoms with Crippen molar-refractivity contribution in [2.45, 2.75) is 20.5 Å². The summed E-state index contributed by atoms with van der Waals surface area (Å²) in [5, 5.41) is 0.00954. The highest BCUT2D eigenvalue weighted by Crippen LogP contribution is 2.39. The van der Waals surface area contributed by atoms with Crippen LogP contribution in [0.1, 0.15) is 22.3 Å². The minimum absolute atomic E-state index is 0.158. The molecule has 1 fully saturated rings. The summed E-state index contributed by atoms with van der Waals surface area (Å²) in [6, 6.07) is 19.0. The first-order valence-electron chi connectivity index (χ1n) is 11.4. The lowest BCUT2D eigenvalue weighted by Gasteiger charge is -2.14. The van der Waals surface area contributed by atoms with Crippen LogP contribution in [0.5, 0.6) is 17.2 Å². The van der Waals surface area contributed by atoms with Crippen molar-refractivity contribution < 1.29 is 23.8 Å². The van der Waals surface area contributed by atoms with E-state index < -0.39 is 0 Å². The summed E-state index contributed by atoms with van der Waals surface area (Å²) >= 11 is 7.40. The molecule has 2 amide bonds. The number of halogens is 1. The summed E-state index contributed by atoms with van der Waals surface area (Å²) in [4.78, 5) is 26.9. The Morgan fingerprint density at radius 1 is 1.00 bits per heavy atom. The number of hydrogen-bond donors (Lipinski definition) is 0. The van der Waals surface area contributed by atoms with Crippen molar-refractivity contribution in [3.05, 3.63) is 92.8 Å². The molecule has 3 aromatic rings. The zero-order valence-corrected chi connectivity index (χ0v) is 21.8. The highest BCUT2D eigenvalue weighted by Gasteiger charge is 2.35. The van der Waals surface area contributed by atoms with Gasteiger partial charge in [0, 0.05) is 0 Å². The molecule has 1 aliphatic rings. The molecule has 3 aromatic carbocycles. The molecule has 6 nitrogen and oxygen atoms in total. The summed E-state index contributed by atoms with van der Waals surface area (Å²) < 4.78 is 17.2. The van der Waals surface area contributed by atoms with Gasteiger partial charge in [0.15, 0.2) is 11.5 Å². The Kier molecular flexibility index (Phi) is 8.23. The maximum atomic E-state index is 12.9. The zero-order valence-electron chi connectivity index (χ0n) is 20.2. The van der Waals surface area contributed by atoms with E-state index in [0.717, 1.165) is 28.5 Å². The normalized spacial score (nSPS) is 14.4. The summed E-state index contributed by atoms with van der Waals surface area (Å²) in [5.41, 5.74) is 3.85. The largest absolute Gasteiger partial charge is 0.493 e. The molecule has 1 saturated heterocycles. The van der Waals surface area contributed by atoms with Crippen LogP contribution in [0.2, 0.25) is 5.02 Å². The van der Waals surface area contributed by atoms with E-state index in [1.807, 2.05) is 62.4 Å². The van der Waals surface area contributed by atoms with Crippen LogP contribution in [0.3, 0.4) is 0 Å². The van der Waals surface area contributed by atoms with Gasteiger partial charge in [-0.2, -0.15) is 0 Å². The van der Waals surface area contributed by atoms with Crippen LogP contribution in [0.25, 0.3) is 6.08 Å². The molecule has 0 atom stereocenters. The first-order chi connectivity index (χ1) is 17.4. The Morgan fingerprint density at radius 2 is 1.81 bits per heavy atom. The predicted octanol–water partition coefficient (Wildman–Crippen LogP) is 6.66. The van der Waals surface area contributed by atoms with E-state index in [4.69, 9.17) is 25.8 Å². The number of ether oxygens (including phenoxy) is 3. The van der Waals surface area contributed by atoms with Crippen LogP contribution in [-0.2, 0) is 11.4 Å². The van der Waals surface area contributed by atoms with Crippen molar-refractivity contribution in [2.75, 3.05) is 20.3 Å². The third kappa shape index (κ3) is 6.04. The van der Waals surface area contributed by atoms with E-state index in [-0.39, 0.29) is 24.3 Å². The summed E-state index contributed by atoms with van der Waals surface area (Å²) in [5.74, 6) is 1.19. The molecule has 0 aromatic heterocycles. The average Bonchev–Trinajstić information content (AvgIpc) is 3.11. The van der Waals surface area contributed by atoms with Crippen LogP contribution in [-0.4, -0.2) is 36.3 Å². The van der Waals surface area contributed by atoms with Crippen LogP contribution >= 0.6 is 23.4 Å². The number of nitrogens with zero attached hydrogens (tertiary/aromatic N) is 1. The second kappa shape index (κ2) is 11.5. The van der Waals surface area contributed by atoms with Crippen molar-refractivity contribution in [2.24, 2.45) is 0 Å². The number of methoxy groups -OCH3 is 1. The molecule has 186 valence electrons. The van der Waals surface area contributed by atoms with Crippen molar-refractivity contribution in [1.82, 2.24) is 4.90 Å². The number of carbonyl (C=O) groups is 2. The molecule has 36 heavy (non-hydrogen) atoms. The second-order valence-electron chi connectivity index (χ2n) is 8.25. The van der Waals surface area contributed by atoms with E-state index in [0.29, 0.717) is 39.3 Å². The number of hydrogen-bond acceptors (Lipinski definition) is 6. The molecule has 0 N–H and O–H groups in total. The van der Waals surface area contributed by atoms with Crippen LogP contribution in [0, 0.1) is 13.8 Å². The lowest BCUT2D eigenvalue weighted by atomic mass is 10.1. The Bertz CT molecular complexity index is 1320. The van der Waals surface area contributed by atoms with Gasteiger partial charge in [0.25, 0.3) is 11.1 Å². The third-order valence-electron chi connectivity index (χ3n) is 5.63. The average molecular weight is 524 g/mol. The molecule has 4 rings (SSSR count). The SMILES string of the molecule is COc1cc(/C=C2\SC(=O)N(CCOc3cccc(C)c3)C2=O)cc(Cl)c1OCc1ccccc1C. The number of thioether (sulfide) groups is 1. The van der Waals surface area contributed by atoms with E-state index in [9.17, 15) is 9.59 Å². The van der Waals surface area contributed by atoms with Crippen LogP contribution in [0.15, 0.2) is 65.6 Å². The monoisotopic (exact) mass is 523 g/mol. The molecule has 0 unspecified atom stereocenters. The molecule has 0 spiro atoms.